The number of hydrogen-bond donors (Lipinski definition) is 1. The molecule has 0 saturated heterocycles. The van der Waals surface area contributed by atoms with Crippen molar-refractivity contribution in [3.63, 3.8) is 0 Å². The molecular weight excluding hydrogens is 420 g/mol. The average molecular weight is 443 g/mol. The van der Waals surface area contributed by atoms with Gasteiger partial charge in [0.1, 0.15) is 0 Å². The van der Waals surface area contributed by atoms with E-state index in [1.54, 1.807) is 17.1 Å². The molecule has 5 rings (SSSR count). The van der Waals surface area contributed by atoms with Crippen LogP contribution in [0.15, 0.2) is 72.6 Å². The molecule has 0 unspecified atom stereocenters. The molecule has 0 fully saturated rings. The number of carbonyl (C=O) groups excluding carboxylic acids is 1. The Kier molecular flexibility index (Phi) is 5.51. The summed E-state index contributed by atoms with van der Waals surface area (Å²) in [5, 5.41) is 10.0. The number of hydrogen-bond acceptors (Lipinski definition) is 5. The second-order valence-electron chi connectivity index (χ2n) is 7.51. The van der Waals surface area contributed by atoms with Crippen LogP contribution in [0.1, 0.15) is 34.1 Å². The first-order valence-electron chi connectivity index (χ1n) is 10.4. The van der Waals surface area contributed by atoms with E-state index >= 15 is 0 Å². The number of rotatable bonds is 7. The third-order valence-electron chi connectivity index (χ3n) is 5.30. The normalized spacial score (nSPS) is 11.2. The van der Waals surface area contributed by atoms with Crippen molar-refractivity contribution in [3.05, 3.63) is 95.0 Å². The highest BCUT2D eigenvalue weighted by Crippen LogP contribution is 2.16. The lowest BCUT2D eigenvalue weighted by atomic mass is 10.1. The minimum atomic E-state index is -0.155. The van der Waals surface area contributed by atoms with Crippen molar-refractivity contribution < 1.29 is 4.79 Å². The van der Waals surface area contributed by atoms with Crippen LogP contribution >= 0.6 is 11.3 Å². The fourth-order valence-corrected chi connectivity index (χ4v) is 4.33. The number of aryl methyl sites for hydroxylation is 1. The van der Waals surface area contributed by atoms with Crippen molar-refractivity contribution in [3.8, 4) is 5.13 Å². The first-order chi connectivity index (χ1) is 15.7. The largest absolute Gasteiger partial charge is 0.348 e. The van der Waals surface area contributed by atoms with Crippen LogP contribution in [-0.4, -0.2) is 30.2 Å². The van der Waals surface area contributed by atoms with Crippen molar-refractivity contribution >= 4 is 28.3 Å². The molecule has 3 heterocycles. The molecule has 0 aliphatic rings. The molecular formula is C24H22N6OS. The summed E-state index contributed by atoms with van der Waals surface area (Å²) < 4.78 is 3.78. The fraction of sp³-hybridized carbons (Fsp3) is 0.167. The van der Waals surface area contributed by atoms with Crippen molar-refractivity contribution in [1.82, 2.24) is 29.6 Å². The van der Waals surface area contributed by atoms with E-state index in [-0.39, 0.29) is 5.91 Å². The molecule has 0 radical (unpaired) electrons. The average Bonchev–Trinajstić information content (AvgIpc) is 3.58. The monoisotopic (exact) mass is 442 g/mol. The molecule has 160 valence electrons. The molecule has 5 aromatic rings. The topological polar surface area (TPSA) is 77.6 Å². The van der Waals surface area contributed by atoms with Crippen molar-refractivity contribution in [2.45, 2.75) is 26.4 Å². The maximum atomic E-state index is 12.5. The van der Waals surface area contributed by atoms with Gasteiger partial charge in [-0.3, -0.25) is 4.79 Å². The molecule has 3 aromatic heterocycles. The van der Waals surface area contributed by atoms with Gasteiger partial charge in [0.25, 0.3) is 5.91 Å². The van der Waals surface area contributed by atoms with Gasteiger partial charge in [0.2, 0.25) is 5.13 Å². The Morgan fingerprint density at radius 1 is 1.09 bits per heavy atom. The Labute approximate surface area is 189 Å². The predicted molar refractivity (Wildman–Crippen MR) is 125 cm³/mol. The van der Waals surface area contributed by atoms with E-state index in [2.05, 4.69) is 50.1 Å². The van der Waals surface area contributed by atoms with E-state index < -0.39 is 0 Å². The summed E-state index contributed by atoms with van der Waals surface area (Å²) in [5.41, 5.74) is 5.87. The number of thiazole rings is 1. The van der Waals surface area contributed by atoms with E-state index in [4.69, 9.17) is 0 Å². The number of nitrogens with one attached hydrogen (secondary N) is 1. The number of nitrogens with zero attached hydrogens (tertiary/aromatic N) is 5. The zero-order chi connectivity index (χ0) is 21.9. The van der Waals surface area contributed by atoms with E-state index in [1.807, 2.05) is 42.0 Å². The molecule has 1 N–H and O–H groups in total. The van der Waals surface area contributed by atoms with E-state index in [0.717, 1.165) is 40.4 Å². The maximum Gasteiger partial charge on any atom is 0.254 e. The van der Waals surface area contributed by atoms with Crippen LogP contribution in [0, 0.1) is 0 Å². The Bertz CT molecular complexity index is 1360. The second-order valence-corrected chi connectivity index (χ2v) is 8.35. The van der Waals surface area contributed by atoms with Crippen molar-refractivity contribution in [2.24, 2.45) is 0 Å². The number of benzene rings is 2. The van der Waals surface area contributed by atoms with Gasteiger partial charge in [-0.25, -0.2) is 14.6 Å². The fourth-order valence-electron chi connectivity index (χ4n) is 3.49. The van der Waals surface area contributed by atoms with Crippen LogP contribution < -0.4 is 5.32 Å². The quantitative estimate of drug-likeness (QED) is 0.409. The molecule has 8 heteroatoms. The van der Waals surface area contributed by atoms with Crippen LogP contribution in [0.2, 0.25) is 0 Å². The molecule has 0 atom stereocenters. The van der Waals surface area contributed by atoms with Crippen LogP contribution in [0.3, 0.4) is 0 Å². The summed E-state index contributed by atoms with van der Waals surface area (Å²) in [5.74, 6) is -0.155. The molecule has 0 spiro atoms. The van der Waals surface area contributed by atoms with Gasteiger partial charge in [-0.05, 0) is 29.7 Å². The number of carbonyl (C=O) groups is 1. The molecule has 0 aliphatic heterocycles. The van der Waals surface area contributed by atoms with Crippen molar-refractivity contribution in [2.75, 3.05) is 0 Å². The van der Waals surface area contributed by atoms with E-state index in [0.29, 0.717) is 12.1 Å². The molecule has 0 bridgehead atoms. The highest BCUT2D eigenvalue weighted by molar-refractivity contribution is 7.12. The lowest BCUT2D eigenvalue weighted by molar-refractivity contribution is 0.0951. The van der Waals surface area contributed by atoms with Crippen molar-refractivity contribution in [1.29, 1.82) is 0 Å². The number of amides is 1. The van der Waals surface area contributed by atoms with Gasteiger partial charge in [-0.15, -0.1) is 11.3 Å². The number of fused-ring (bicyclic) bond motifs is 1. The lowest BCUT2D eigenvalue weighted by Gasteiger charge is -2.07. The number of para-hydroxylation sites is 2. The summed E-state index contributed by atoms with van der Waals surface area (Å²) in [6.07, 6.45) is 6.03. The Hall–Kier alpha value is -3.78. The van der Waals surface area contributed by atoms with Gasteiger partial charge in [-0.1, -0.05) is 43.3 Å². The van der Waals surface area contributed by atoms with Gasteiger partial charge < -0.3 is 9.88 Å². The summed E-state index contributed by atoms with van der Waals surface area (Å²) >= 11 is 1.52. The van der Waals surface area contributed by atoms with Gasteiger partial charge in [0.05, 0.1) is 34.8 Å². The maximum absolute atomic E-state index is 12.5. The Morgan fingerprint density at radius 2 is 1.91 bits per heavy atom. The second kappa shape index (κ2) is 8.76. The van der Waals surface area contributed by atoms with Gasteiger partial charge in [0, 0.05) is 24.7 Å². The van der Waals surface area contributed by atoms with Crippen LogP contribution in [-0.2, 0) is 19.5 Å². The summed E-state index contributed by atoms with van der Waals surface area (Å²) in [7, 11) is 0. The van der Waals surface area contributed by atoms with Gasteiger partial charge in [-0.2, -0.15) is 5.10 Å². The Morgan fingerprint density at radius 3 is 2.72 bits per heavy atom. The number of imidazole rings is 1. The highest BCUT2D eigenvalue weighted by Gasteiger charge is 2.11. The zero-order valence-electron chi connectivity index (χ0n) is 17.6. The third kappa shape index (κ3) is 4.17. The number of aromatic nitrogens is 5. The van der Waals surface area contributed by atoms with Crippen LogP contribution in [0.5, 0.6) is 0 Å². The minimum Gasteiger partial charge on any atom is -0.348 e. The lowest BCUT2D eigenvalue weighted by Crippen LogP contribution is -2.22. The van der Waals surface area contributed by atoms with E-state index in [1.165, 1.54) is 16.9 Å². The summed E-state index contributed by atoms with van der Waals surface area (Å²) in [6.45, 7) is 3.27. The zero-order valence-corrected chi connectivity index (χ0v) is 18.4. The van der Waals surface area contributed by atoms with E-state index in [9.17, 15) is 4.79 Å². The molecule has 1 amide bonds. The molecule has 0 aliphatic carbocycles. The molecule has 2 aromatic carbocycles. The summed E-state index contributed by atoms with van der Waals surface area (Å²) in [6, 6.07) is 16.4. The third-order valence-corrected chi connectivity index (χ3v) is 6.18. The highest BCUT2D eigenvalue weighted by atomic mass is 32.1. The first-order valence-corrected chi connectivity index (χ1v) is 11.3. The van der Waals surface area contributed by atoms with Gasteiger partial charge >= 0.3 is 0 Å². The standard InChI is InChI=1S/C24H22N6OS/c1-2-20-15-32-24(28-20)30-14-19(12-27-30)23(31)25-11-17-7-9-18(10-8-17)13-29-16-26-21-5-3-4-6-22(21)29/h3-10,12,14-16H,2,11,13H2,1H3,(H,25,31). The molecule has 0 saturated carbocycles. The first kappa shape index (κ1) is 20.1. The van der Waals surface area contributed by atoms with Crippen LogP contribution in [0.25, 0.3) is 16.2 Å². The summed E-state index contributed by atoms with van der Waals surface area (Å²) in [4.78, 5) is 21.5. The molecule has 32 heavy (non-hydrogen) atoms. The molecule has 7 nitrogen and oxygen atoms in total. The van der Waals surface area contributed by atoms with Gasteiger partial charge in [0.15, 0.2) is 0 Å². The minimum absolute atomic E-state index is 0.155. The Balaban J connectivity index is 1.19. The van der Waals surface area contributed by atoms with Crippen LogP contribution in [0.4, 0.5) is 0 Å². The predicted octanol–water partition coefficient (Wildman–Crippen LogP) is 4.22. The smallest absolute Gasteiger partial charge is 0.254 e. The SMILES string of the molecule is CCc1csc(-n2cc(C(=O)NCc3ccc(Cn4cnc5ccccc54)cc3)cn2)n1.